The Hall–Kier alpha value is -1.11. The second-order valence-corrected chi connectivity index (χ2v) is 5.55. The summed E-state index contributed by atoms with van der Waals surface area (Å²) in [4.78, 5) is 11.6. The van der Waals surface area contributed by atoms with E-state index in [-0.39, 0.29) is 5.92 Å². The zero-order valence-electron chi connectivity index (χ0n) is 11.5. The van der Waals surface area contributed by atoms with E-state index in [1.807, 2.05) is 13.8 Å². The number of ketones is 1. The van der Waals surface area contributed by atoms with Gasteiger partial charge >= 0.3 is 0 Å². The fourth-order valence-corrected chi connectivity index (χ4v) is 1.68. The van der Waals surface area contributed by atoms with Crippen LogP contribution in [0.15, 0.2) is 24.3 Å². The Balaban J connectivity index is 2.53. The molecule has 0 saturated carbocycles. The zero-order chi connectivity index (χ0) is 12.8. The molecule has 1 aromatic carbocycles. The van der Waals surface area contributed by atoms with Crippen molar-refractivity contribution in [2.24, 2.45) is 11.8 Å². The molecule has 0 spiro atoms. The van der Waals surface area contributed by atoms with Gasteiger partial charge < -0.3 is 0 Å². The minimum absolute atomic E-state index is 0.135. The number of carbonyl (C=O) groups excluding carboxylic acids is 1. The molecule has 0 amide bonds. The van der Waals surface area contributed by atoms with E-state index >= 15 is 0 Å². The Bertz CT molecular complexity index is 346. The van der Waals surface area contributed by atoms with Crippen LogP contribution in [0.5, 0.6) is 0 Å². The molecule has 1 nitrogen and oxygen atoms in total. The number of hydrogen-bond acceptors (Lipinski definition) is 1. The number of benzene rings is 1. The Labute approximate surface area is 105 Å². The first-order chi connectivity index (χ1) is 7.99. The van der Waals surface area contributed by atoms with Gasteiger partial charge in [-0.05, 0) is 29.9 Å². The molecule has 0 saturated heterocycles. The molecule has 94 valence electrons. The molecular weight excluding hydrogens is 208 g/mol. The van der Waals surface area contributed by atoms with Crippen molar-refractivity contribution in [3.05, 3.63) is 35.4 Å². The minimum atomic E-state index is 0.135. The number of carbonyl (C=O) groups is 1. The smallest absolute Gasteiger partial charge is 0.139 e. The number of aryl methyl sites for hydroxylation is 1. The molecule has 17 heavy (non-hydrogen) atoms. The maximum Gasteiger partial charge on any atom is 0.139 e. The van der Waals surface area contributed by atoms with Crippen molar-refractivity contribution in [2.45, 2.75) is 47.0 Å². The average molecular weight is 232 g/mol. The van der Waals surface area contributed by atoms with Crippen molar-refractivity contribution in [3.8, 4) is 0 Å². The minimum Gasteiger partial charge on any atom is -0.299 e. The van der Waals surface area contributed by atoms with Gasteiger partial charge in [0.05, 0.1) is 0 Å². The van der Waals surface area contributed by atoms with E-state index in [4.69, 9.17) is 0 Å². The lowest BCUT2D eigenvalue weighted by molar-refractivity contribution is -0.121. The number of hydrogen-bond donors (Lipinski definition) is 0. The molecule has 0 aliphatic carbocycles. The highest BCUT2D eigenvalue weighted by molar-refractivity contribution is 5.82. The van der Waals surface area contributed by atoms with Crippen LogP contribution in [0, 0.1) is 11.8 Å². The van der Waals surface area contributed by atoms with Crippen molar-refractivity contribution < 1.29 is 4.79 Å². The van der Waals surface area contributed by atoms with E-state index in [1.165, 1.54) is 12.0 Å². The van der Waals surface area contributed by atoms with Crippen molar-refractivity contribution in [2.75, 3.05) is 0 Å². The Morgan fingerprint density at radius 3 is 2.00 bits per heavy atom. The van der Waals surface area contributed by atoms with E-state index in [1.54, 1.807) is 0 Å². The fourth-order valence-electron chi connectivity index (χ4n) is 1.68. The van der Waals surface area contributed by atoms with Crippen molar-refractivity contribution >= 4 is 5.78 Å². The first-order valence-corrected chi connectivity index (χ1v) is 6.59. The predicted molar refractivity (Wildman–Crippen MR) is 73.2 cm³/mol. The predicted octanol–water partition coefficient (Wildman–Crippen LogP) is 4.04. The zero-order valence-corrected chi connectivity index (χ0v) is 11.5. The van der Waals surface area contributed by atoms with Crippen LogP contribution in [0.4, 0.5) is 0 Å². The van der Waals surface area contributed by atoms with Crippen LogP contribution < -0.4 is 0 Å². The molecule has 0 N–H and O–H groups in total. The molecule has 0 heterocycles. The molecule has 1 aromatic rings. The first-order valence-electron chi connectivity index (χ1n) is 6.59. The summed E-state index contributed by atoms with van der Waals surface area (Å²) in [6, 6.07) is 8.50. The average Bonchev–Trinajstić information content (AvgIpc) is 2.28. The molecule has 0 aromatic heterocycles. The summed E-state index contributed by atoms with van der Waals surface area (Å²) in [5.74, 6) is 1.20. The molecule has 0 aliphatic rings. The lowest BCUT2D eigenvalue weighted by atomic mass is 9.98. The summed E-state index contributed by atoms with van der Waals surface area (Å²) >= 11 is 0. The van der Waals surface area contributed by atoms with Crippen LogP contribution in [-0.2, 0) is 17.6 Å². The van der Waals surface area contributed by atoms with Crippen LogP contribution in [-0.4, -0.2) is 5.78 Å². The lowest BCUT2D eigenvalue weighted by Gasteiger charge is -2.07. The molecule has 1 heteroatoms. The van der Waals surface area contributed by atoms with E-state index in [2.05, 4.69) is 38.1 Å². The number of Topliss-reactive ketones (excluding diaryl/α,β-unsaturated/α-hetero) is 1. The summed E-state index contributed by atoms with van der Waals surface area (Å²) < 4.78 is 0. The van der Waals surface area contributed by atoms with Gasteiger partial charge in [0.1, 0.15) is 5.78 Å². The molecule has 0 aliphatic heterocycles. The van der Waals surface area contributed by atoms with E-state index in [0.717, 1.165) is 17.9 Å². The Kier molecular flexibility index (Phi) is 5.40. The topological polar surface area (TPSA) is 17.1 Å². The fraction of sp³-hybridized carbons (Fsp3) is 0.562. The summed E-state index contributed by atoms with van der Waals surface area (Å²) in [6.45, 7) is 8.41. The summed E-state index contributed by atoms with van der Waals surface area (Å²) in [5, 5.41) is 0. The van der Waals surface area contributed by atoms with Gasteiger partial charge in [-0.1, -0.05) is 52.0 Å². The maximum atomic E-state index is 11.6. The maximum absolute atomic E-state index is 11.6. The van der Waals surface area contributed by atoms with Gasteiger partial charge in [-0.2, -0.15) is 0 Å². The summed E-state index contributed by atoms with van der Waals surface area (Å²) in [6.07, 6.45) is 2.93. The molecule has 1 rings (SSSR count). The van der Waals surface area contributed by atoms with Crippen molar-refractivity contribution in [1.29, 1.82) is 0 Å². The molecule has 0 fully saturated rings. The van der Waals surface area contributed by atoms with Crippen molar-refractivity contribution in [1.82, 2.24) is 0 Å². The van der Waals surface area contributed by atoms with E-state index < -0.39 is 0 Å². The monoisotopic (exact) mass is 232 g/mol. The summed E-state index contributed by atoms with van der Waals surface area (Å²) in [5.41, 5.74) is 2.51. The first kappa shape index (κ1) is 14.0. The Morgan fingerprint density at radius 1 is 1.00 bits per heavy atom. The Morgan fingerprint density at radius 2 is 1.53 bits per heavy atom. The van der Waals surface area contributed by atoms with E-state index in [0.29, 0.717) is 12.2 Å². The van der Waals surface area contributed by atoms with Crippen LogP contribution in [0.25, 0.3) is 0 Å². The van der Waals surface area contributed by atoms with Crippen LogP contribution in [0.2, 0.25) is 0 Å². The molecule has 0 atom stereocenters. The van der Waals surface area contributed by atoms with Gasteiger partial charge in [0.25, 0.3) is 0 Å². The molecule has 0 radical (unpaired) electrons. The third kappa shape index (κ3) is 5.16. The second kappa shape index (κ2) is 6.58. The third-order valence-electron chi connectivity index (χ3n) is 3.06. The normalized spacial score (nSPS) is 11.2. The van der Waals surface area contributed by atoms with Crippen LogP contribution >= 0.6 is 0 Å². The molecule has 0 unspecified atom stereocenters. The highest BCUT2D eigenvalue weighted by Gasteiger charge is 2.07. The van der Waals surface area contributed by atoms with Gasteiger partial charge in [0.15, 0.2) is 0 Å². The number of rotatable bonds is 6. The van der Waals surface area contributed by atoms with Gasteiger partial charge in [-0.25, -0.2) is 0 Å². The van der Waals surface area contributed by atoms with Gasteiger partial charge in [0.2, 0.25) is 0 Å². The standard InChI is InChI=1S/C16H24O/c1-12(2)5-6-14-7-9-15(10-8-14)11-16(17)13(3)4/h7-10,12-13H,5-6,11H2,1-4H3. The van der Waals surface area contributed by atoms with Crippen LogP contribution in [0.1, 0.15) is 45.2 Å². The highest BCUT2D eigenvalue weighted by atomic mass is 16.1. The van der Waals surface area contributed by atoms with Gasteiger partial charge in [0, 0.05) is 12.3 Å². The van der Waals surface area contributed by atoms with Gasteiger partial charge in [-0.3, -0.25) is 4.79 Å². The van der Waals surface area contributed by atoms with E-state index in [9.17, 15) is 4.79 Å². The second-order valence-electron chi connectivity index (χ2n) is 5.55. The van der Waals surface area contributed by atoms with Crippen molar-refractivity contribution in [3.63, 3.8) is 0 Å². The van der Waals surface area contributed by atoms with Crippen LogP contribution in [0.3, 0.4) is 0 Å². The quantitative estimate of drug-likeness (QED) is 0.723. The van der Waals surface area contributed by atoms with Gasteiger partial charge in [-0.15, -0.1) is 0 Å². The highest BCUT2D eigenvalue weighted by Crippen LogP contribution is 2.12. The third-order valence-corrected chi connectivity index (χ3v) is 3.06. The molecular formula is C16H24O. The molecule has 0 bridgehead atoms. The SMILES string of the molecule is CC(C)CCc1ccc(CC(=O)C(C)C)cc1. The summed E-state index contributed by atoms with van der Waals surface area (Å²) in [7, 11) is 0. The lowest BCUT2D eigenvalue weighted by Crippen LogP contribution is -2.10. The largest absolute Gasteiger partial charge is 0.299 e.